The van der Waals surface area contributed by atoms with Crippen LogP contribution in [0.2, 0.25) is 10.0 Å². The number of carbonyl (C=O) groups is 2. The summed E-state index contributed by atoms with van der Waals surface area (Å²) in [6.07, 6.45) is 0. The summed E-state index contributed by atoms with van der Waals surface area (Å²) >= 11 is 12.4. The molecule has 1 saturated heterocycles. The molecule has 0 aromatic heterocycles. The fraction of sp³-hybridized carbons (Fsp3) is 0.304. The van der Waals surface area contributed by atoms with E-state index in [1.165, 1.54) is 45.5 Å². The van der Waals surface area contributed by atoms with E-state index in [9.17, 15) is 14.7 Å². The van der Waals surface area contributed by atoms with E-state index >= 15 is 0 Å². The highest BCUT2D eigenvalue weighted by Crippen LogP contribution is 2.44. The molecule has 0 aliphatic carbocycles. The van der Waals surface area contributed by atoms with Crippen molar-refractivity contribution >= 4 is 40.7 Å². The van der Waals surface area contributed by atoms with Crippen molar-refractivity contribution in [1.82, 2.24) is 4.90 Å². The first kappa shape index (κ1) is 24.7. The van der Waals surface area contributed by atoms with Gasteiger partial charge in [0.25, 0.3) is 11.7 Å². The molecule has 1 heterocycles. The van der Waals surface area contributed by atoms with E-state index in [1.54, 1.807) is 18.2 Å². The lowest BCUT2D eigenvalue weighted by Crippen LogP contribution is -2.32. The molecule has 2 aromatic rings. The number of methoxy groups -OCH3 is 4. The van der Waals surface area contributed by atoms with Crippen molar-refractivity contribution in [1.29, 1.82) is 0 Å². The van der Waals surface area contributed by atoms with Crippen molar-refractivity contribution in [2.75, 3.05) is 41.6 Å². The SMILES string of the molecule is COCCN1C(=O)C(=O)/C(=C(/O)c2cc(Cl)cc(Cl)c2OC)C1c1ccc(OC)c(OC)c1. The Hall–Kier alpha value is -2.94. The normalized spacial score (nSPS) is 17.4. The van der Waals surface area contributed by atoms with Gasteiger partial charge in [-0.2, -0.15) is 0 Å². The Morgan fingerprint density at radius 3 is 2.30 bits per heavy atom. The number of amides is 1. The number of halogens is 2. The van der Waals surface area contributed by atoms with Crippen LogP contribution in [0.15, 0.2) is 35.9 Å². The molecule has 2 aromatic carbocycles. The summed E-state index contributed by atoms with van der Waals surface area (Å²) in [6, 6.07) is 6.92. The van der Waals surface area contributed by atoms with Gasteiger partial charge >= 0.3 is 0 Å². The van der Waals surface area contributed by atoms with Gasteiger partial charge in [-0.1, -0.05) is 29.3 Å². The van der Waals surface area contributed by atoms with E-state index in [0.29, 0.717) is 17.1 Å². The molecule has 1 aliphatic rings. The summed E-state index contributed by atoms with van der Waals surface area (Å²) in [4.78, 5) is 27.4. The van der Waals surface area contributed by atoms with Crippen LogP contribution >= 0.6 is 23.2 Å². The number of likely N-dealkylation sites (tertiary alicyclic amines) is 1. The fourth-order valence-corrected chi connectivity index (χ4v) is 4.33. The maximum Gasteiger partial charge on any atom is 0.295 e. The van der Waals surface area contributed by atoms with E-state index in [0.717, 1.165) is 0 Å². The molecule has 1 aliphatic heterocycles. The molecule has 1 amide bonds. The van der Waals surface area contributed by atoms with Gasteiger partial charge in [0.1, 0.15) is 11.5 Å². The second kappa shape index (κ2) is 10.3. The molecular formula is C23H23Cl2NO7. The zero-order valence-corrected chi connectivity index (χ0v) is 20.0. The number of aliphatic hydroxyl groups is 1. The number of hydrogen-bond acceptors (Lipinski definition) is 7. The van der Waals surface area contributed by atoms with Gasteiger partial charge in [0, 0.05) is 18.7 Å². The van der Waals surface area contributed by atoms with Crippen molar-refractivity contribution in [2.24, 2.45) is 0 Å². The largest absolute Gasteiger partial charge is 0.507 e. The van der Waals surface area contributed by atoms with Gasteiger partial charge in [0.05, 0.1) is 50.1 Å². The lowest BCUT2D eigenvalue weighted by molar-refractivity contribution is -0.140. The summed E-state index contributed by atoms with van der Waals surface area (Å²) in [7, 11) is 5.83. The number of rotatable bonds is 8. The van der Waals surface area contributed by atoms with E-state index in [2.05, 4.69) is 0 Å². The Labute approximate surface area is 201 Å². The monoisotopic (exact) mass is 495 g/mol. The van der Waals surface area contributed by atoms with Crippen molar-refractivity contribution < 1.29 is 33.6 Å². The van der Waals surface area contributed by atoms with E-state index in [4.69, 9.17) is 42.1 Å². The summed E-state index contributed by atoms with van der Waals surface area (Å²) in [5.41, 5.74) is 0.474. The van der Waals surface area contributed by atoms with Gasteiger partial charge < -0.3 is 29.0 Å². The maximum atomic E-state index is 13.1. The molecule has 0 radical (unpaired) electrons. The summed E-state index contributed by atoms with van der Waals surface area (Å²) in [5, 5.41) is 11.6. The van der Waals surface area contributed by atoms with Crippen LogP contribution in [0, 0.1) is 0 Å². The minimum absolute atomic E-state index is 0.0882. The molecule has 1 N–H and O–H groups in total. The number of ketones is 1. The summed E-state index contributed by atoms with van der Waals surface area (Å²) < 4.78 is 21.1. The Balaban J connectivity index is 2.28. The molecule has 33 heavy (non-hydrogen) atoms. The number of hydrogen-bond donors (Lipinski definition) is 1. The van der Waals surface area contributed by atoms with Gasteiger partial charge in [0.15, 0.2) is 11.5 Å². The fourth-order valence-electron chi connectivity index (χ4n) is 3.76. The average molecular weight is 496 g/mol. The van der Waals surface area contributed by atoms with Crippen LogP contribution in [-0.2, 0) is 14.3 Å². The number of carbonyl (C=O) groups excluding carboxylic acids is 2. The number of benzene rings is 2. The Morgan fingerprint density at radius 2 is 1.70 bits per heavy atom. The average Bonchev–Trinajstić information content (AvgIpc) is 3.06. The zero-order valence-electron chi connectivity index (χ0n) is 18.5. The van der Waals surface area contributed by atoms with E-state index in [-0.39, 0.29) is 40.1 Å². The lowest BCUT2D eigenvalue weighted by Gasteiger charge is -2.26. The Bertz CT molecular complexity index is 1120. The molecule has 1 fully saturated rings. The first-order chi connectivity index (χ1) is 15.8. The molecule has 1 atom stereocenters. The predicted molar refractivity (Wildman–Crippen MR) is 123 cm³/mol. The standard InChI is InChI=1S/C23H23Cl2NO7/c1-30-8-7-26-19(12-5-6-16(31-2)17(9-12)32-3)18(21(28)23(26)29)20(27)14-10-13(24)11-15(25)22(14)33-4/h5-6,9-11,19,27H,7-8H2,1-4H3/b20-18+. The third-order valence-electron chi connectivity index (χ3n) is 5.27. The molecule has 3 rings (SSSR count). The zero-order chi connectivity index (χ0) is 24.3. The van der Waals surface area contributed by atoms with Crippen LogP contribution in [-0.4, -0.2) is 63.3 Å². The minimum atomic E-state index is -0.928. The maximum absolute atomic E-state index is 13.1. The molecule has 1 unspecified atom stereocenters. The highest BCUT2D eigenvalue weighted by Gasteiger charge is 2.46. The van der Waals surface area contributed by atoms with Crippen LogP contribution in [0.1, 0.15) is 17.2 Å². The summed E-state index contributed by atoms with van der Waals surface area (Å²) in [6.45, 7) is 0.299. The van der Waals surface area contributed by atoms with Crippen LogP contribution in [0.25, 0.3) is 5.76 Å². The second-order valence-electron chi connectivity index (χ2n) is 7.07. The van der Waals surface area contributed by atoms with E-state index in [1.807, 2.05) is 0 Å². The number of aliphatic hydroxyl groups excluding tert-OH is 1. The molecule has 0 saturated carbocycles. The van der Waals surface area contributed by atoms with Crippen molar-refractivity contribution in [3.05, 3.63) is 57.1 Å². The number of Topliss-reactive ketones (excluding diaryl/α,β-unsaturated/α-hetero) is 1. The van der Waals surface area contributed by atoms with Crippen LogP contribution in [0.3, 0.4) is 0 Å². The molecule has 0 bridgehead atoms. The van der Waals surface area contributed by atoms with Gasteiger partial charge in [-0.3, -0.25) is 9.59 Å². The smallest absolute Gasteiger partial charge is 0.295 e. The third-order valence-corrected chi connectivity index (χ3v) is 5.77. The highest BCUT2D eigenvalue weighted by atomic mass is 35.5. The number of nitrogens with zero attached hydrogens (tertiary/aromatic N) is 1. The van der Waals surface area contributed by atoms with Crippen LogP contribution in [0.4, 0.5) is 0 Å². The third kappa shape index (κ3) is 4.59. The lowest BCUT2D eigenvalue weighted by atomic mass is 9.94. The predicted octanol–water partition coefficient (Wildman–Crippen LogP) is 4.09. The van der Waals surface area contributed by atoms with Gasteiger partial charge in [-0.15, -0.1) is 0 Å². The second-order valence-corrected chi connectivity index (χ2v) is 7.91. The summed E-state index contributed by atoms with van der Waals surface area (Å²) in [5.74, 6) is -1.11. The van der Waals surface area contributed by atoms with E-state index < -0.39 is 23.5 Å². The number of ether oxygens (including phenoxy) is 4. The van der Waals surface area contributed by atoms with Crippen LogP contribution < -0.4 is 14.2 Å². The van der Waals surface area contributed by atoms with Crippen LogP contribution in [0.5, 0.6) is 17.2 Å². The minimum Gasteiger partial charge on any atom is -0.507 e. The molecule has 8 nitrogen and oxygen atoms in total. The van der Waals surface area contributed by atoms with Crippen molar-refractivity contribution in [3.63, 3.8) is 0 Å². The van der Waals surface area contributed by atoms with Crippen molar-refractivity contribution in [2.45, 2.75) is 6.04 Å². The molecule has 176 valence electrons. The van der Waals surface area contributed by atoms with Gasteiger partial charge in [-0.05, 0) is 29.8 Å². The van der Waals surface area contributed by atoms with Gasteiger partial charge in [0.2, 0.25) is 0 Å². The molecular weight excluding hydrogens is 473 g/mol. The Kier molecular flexibility index (Phi) is 7.73. The van der Waals surface area contributed by atoms with Gasteiger partial charge in [-0.25, -0.2) is 0 Å². The first-order valence-electron chi connectivity index (χ1n) is 9.81. The molecule has 0 spiro atoms. The topological polar surface area (TPSA) is 94.5 Å². The quantitative estimate of drug-likeness (QED) is 0.334. The van der Waals surface area contributed by atoms with Crippen molar-refractivity contribution in [3.8, 4) is 17.2 Å². The Morgan fingerprint density at radius 1 is 1.00 bits per heavy atom. The highest BCUT2D eigenvalue weighted by molar-refractivity contribution is 6.46. The molecule has 10 heteroatoms. The first-order valence-corrected chi connectivity index (χ1v) is 10.6.